The molecule has 1 aromatic heterocycles. The van der Waals surface area contributed by atoms with Gasteiger partial charge < -0.3 is 0 Å². The van der Waals surface area contributed by atoms with Gasteiger partial charge in [0.1, 0.15) is 0 Å². The molecule has 0 radical (unpaired) electrons. The van der Waals surface area contributed by atoms with Gasteiger partial charge >= 0.3 is 0 Å². The van der Waals surface area contributed by atoms with Crippen molar-refractivity contribution in [2.75, 3.05) is 0 Å². The van der Waals surface area contributed by atoms with Crippen LogP contribution < -0.4 is 0 Å². The van der Waals surface area contributed by atoms with Crippen molar-refractivity contribution >= 4 is 16.8 Å². The Morgan fingerprint density at radius 2 is 2.00 bits per heavy atom. The smallest absolute Gasteiger partial charge is 0.273 e. The highest BCUT2D eigenvalue weighted by molar-refractivity contribution is 6.67. The Kier molecular flexibility index (Phi) is 3.05. The van der Waals surface area contributed by atoms with Crippen molar-refractivity contribution < 1.29 is 22.4 Å². The van der Waals surface area contributed by atoms with E-state index in [1.165, 1.54) is 0 Å². The predicted molar refractivity (Wildman–Crippen MR) is 39.3 cm³/mol. The van der Waals surface area contributed by atoms with Crippen molar-refractivity contribution in [3.8, 4) is 0 Å². The number of nitrogens with zero attached hydrogens (tertiary/aromatic N) is 1. The van der Waals surface area contributed by atoms with Crippen LogP contribution in [-0.4, -0.2) is 10.2 Å². The molecule has 0 aliphatic heterocycles. The molecule has 0 spiro atoms. The van der Waals surface area contributed by atoms with Crippen LogP contribution in [0.2, 0.25) is 0 Å². The lowest BCUT2D eigenvalue weighted by Gasteiger charge is -2.03. The minimum absolute atomic E-state index is 0.212. The van der Waals surface area contributed by atoms with Gasteiger partial charge in [0.05, 0.1) is 5.56 Å². The minimum atomic E-state index is -3.23. The van der Waals surface area contributed by atoms with Crippen LogP contribution in [0.15, 0.2) is 6.07 Å². The largest absolute Gasteiger partial charge is 0.274 e. The number of hydrogen-bond acceptors (Lipinski definition) is 2. The lowest BCUT2D eigenvalue weighted by molar-refractivity contribution is 0.106. The van der Waals surface area contributed by atoms with Crippen molar-refractivity contribution in [2.24, 2.45) is 0 Å². The van der Waals surface area contributed by atoms with Gasteiger partial charge in [0.25, 0.3) is 11.7 Å². The molecule has 14 heavy (non-hydrogen) atoms. The highest BCUT2D eigenvalue weighted by Gasteiger charge is 2.22. The van der Waals surface area contributed by atoms with Gasteiger partial charge in [-0.2, -0.15) is 4.39 Å². The molecule has 0 saturated heterocycles. The van der Waals surface area contributed by atoms with Gasteiger partial charge in [0.15, 0.2) is 11.5 Å². The first kappa shape index (κ1) is 10.9. The molecule has 0 bridgehead atoms. The lowest BCUT2D eigenvalue weighted by atomic mass is 10.2. The summed E-state index contributed by atoms with van der Waals surface area (Å²) >= 11 is 4.80. The summed E-state index contributed by atoms with van der Waals surface area (Å²) in [6, 6.07) is 0.212. The van der Waals surface area contributed by atoms with Crippen LogP contribution >= 0.6 is 11.6 Å². The first-order chi connectivity index (χ1) is 6.43. The summed E-state index contributed by atoms with van der Waals surface area (Å²) in [6.07, 6.45) is -3.23. The number of aromatic nitrogens is 1. The number of carbonyl (C=O) groups is 1. The summed E-state index contributed by atoms with van der Waals surface area (Å²) in [5.41, 5.74) is -2.37. The van der Waals surface area contributed by atoms with Crippen LogP contribution in [0, 0.1) is 11.8 Å². The number of hydrogen-bond donors (Lipinski definition) is 0. The molecule has 0 amide bonds. The zero-order valence-corrected chi connectivity index (χ0v) is 7.16. The van der Waals surface area contributed by atoms with Crippen LogP contribution in [0.25, 0.3) is 0 Å². The Bertz CT molecular complexity index is 382. The van der Waals surface area contributed by atoms with E-state index in [1.54, 1.807) is 0 Å². The highest BCUT2D eigenvalue weighted by Crippen LogP contribution is 2.24. The van der Waals surface area contributed by atoms with Crippen molar-refractivity contribution in [3.63, 3.8) is 0 Å². The summed E-state index contributed by atoms with van der Waals surface area (Å²) in [5.74, 6) is -2.98. The monoisotopic (exact) mass is 227 g/mol. The molecule has 0 aliphatic carbocycles. The summed E-state index contributed by atoms with van der Waals surface area (Å²) in [6.45, 7) is 0. The number of halogens is 5. The molecule has 1 aromatic rings. The van der Waals surface area contributed by atoms with Crippen molar-refractivity contribution in [2.45, 2.75) is 6.43 Å². The molecule has 0 aliphatic rings. The molecule has 2 nitrogen and oxygen atoms in total. The molecule has 76 valence electrons. The average Bonchev–Trinajstić information content (AvgIpc) is 2.07. The van der Waals surface area contributed by atoms with Crippen molar-refractivity contribution in [1.29, 1.82) is 0 Å². The second-order valence-corrected chi connectivity index (χ2v) is 2.61. The van der Waals surface area contributed by atoms with Gasteiger partial charge in [-0.3, -0.25) is 4.79 Å². The number of carbonyl (C=O) groups excluding carboxylic acids is 1. The third kappa shape index (κ3) is 2.01. The van der Waals surface area contributed by atoms with Crippen LogP contribution in [-0.2, 0) is 0 Å². The molecule has 1 heterocycles. The molecular weight excluding hydrogens is 226 g/mol. The van der Waals surface area contributed by atoms with E-state index in [0.29, 0.717) is 0 Å². The molecular formula is C7H2ClF4NO. The maximum atomic E-state index is 12.9. The highest BCUT2D eigenvalue weighted by atomic mass is 35.5. The quantitative estimate of drug-likeness (QED) is 0.442. The van der Waals surface area contributed by atoms with Gasteiger partial charge in [-0.05, 0) is 11.6 Å². The maximum Gasteiger partial charge on any atom is 0.273 e. The molecule has 0 fully saturated rings. The standard InChI is InChI=1S/C7H2ClF4NO/c8-6(14)5-4(10)2(7(11)12)1-3(9)13-5/h1,7H. The number of rotatable bonds is 2. The zero-order chi connectivity index (χ0) is 10.9. The van der Waals surface area contributed by atoms with Gasteiger partial charge in [-0.25, -0.2) is 18.2 Å². The molecule has 0 atom stereocenters. The molecule has 0 N–H and O–H groups in total. The van der Waals surface area contributed by atoms with Gasteiger partial charge in [-0.15, -0.1) is 0 Å². The molecule has 7 heteroatoms. The van der Waals surface area contributed by atoms with Crippen molar-refractivity contribution in [1.82, 2.24) is 4.98 Å². The Labute approximate surface area is 80.5 Å². The molecule has 0 unspecified atom stereocenters. The topological polar surface area (TPSA) is 30.0 Å². The average molecular weight is 228 g/mol. The number of alkyl halides is 2. The van der Waals surface area contributed by atoms with E-state index in [-0.39, 0.29) is 6.07 Å². The van der Waals surface area contributed by atoms with E-state index in [0.717, 1.165) is 0 Å². The fraction of sp³-hybridized carbons (Fsp3) is 0.143. The van der Waals surface area contributed by atoms with E-state index >= 15 is 0 Å². The third-order valence-electron chi connectivity index (χ3n) is 1.38. The van der Waals surface area contributed by atoms with E-state index in [1.807, 2.05) is 0 Å². The van der Waals surface area contributed by atoms with E-state index in [2.05, 4.69) is 4.98 Å². The molecule has 1 rings (SSSR count). The van der Waals surface area contributed by atoms with Crippen molar-refractivity contribution in [3.05, 3.63) is 29.1 Å². The summed E-state index contributed by atoms with van der Waals surface area (Å²) < 4.78 is 49.6. The van der Waals surface area contributed by atoms with Gasteiger partial charge in [-0.1, -0.05) is 0 Å². The fourth-order valence-electron chi connectivity index (χ4n) is 0.806. The summed E-state index contributed by atoms with van der Waals surface area (Å²) in [4.78, 5) is 13.2. The lowest BCUT2D eigenvalue weighted by Crippen LogP contribution is -2.06. The van der Waals surface area contributed by atoms with E-state index in [4.69, 9.17) is 11.6 Å². The van der Waals surface area contributed by atoms with E-state index in [9.17, 15) is 22.4 Å². The first-order valence-corrected chi connectivity index (χ1v) is 3.65. The Morgan fingerprint density at radius 1 is 1.43 bits per heavy atom. The van der Waals surface area contributed by atoms with Crippen LogP contribution in [0.1, 0.15) is 22.5 Å². The zero-order valence-electron chi connectivity index (χ0n) is 6.40. The molecule has 0 aromatic carbocycles. The summed E-state index contributed by atoms with van der Waals surface area (Å²) in [5, 5.41) is -1.43. The molecule has 0 saturated carbocycles. The Morgan fingerprint density at radius 3 is 2.43 bits per heavy atom. The van der Waals surface area contributed by atoms with Crippen LogP contribution in [0.3, 0.4) is 0 Å². The second-order valence-electron chi connectivity index (χ2n) is 2.27. The van der Waals surface area contributed by atoms with Gasteiger partial charge in [0, 0.05) is 6.07 Å². The van der Waals surface area contributed by atoms with E-state index < -0.39 is 34.7 Å². The Hall–Kier alpha value is -1.17. The Balaban J connectivity index is 3.40. The predicted octanol–water partition coefficient (Wildman–Crippen LogP) is 2.68. The SMILES string of the molecule is O=C(Cl)c1nc(F)cc(C(F)F)c1F. The van der Waals surface area contributed by atoms with Gasteiger partial charge in [0.2, 0.25) is 5.95 Å². The first-order valence-electron chi connectivity index (χ1n) is 3.27. The van der Waals surface area contributed by atoms with Crippen LogP contribution in [0.4, 0.5) is 17.6 Å². The number of pyridine rings is 1. The second kappa shape index (κ2) is 3.91. The van der Waals surface area contributed by atoms with Crippen LogP contribution in [0.5, 0.6) is 0 Å². The maximum absolute atomic E-state index is 12.9. The third-order valence-corrected chi connectivity index (χ3v) is 1.55. The minimum Gasteiger partial charge on any atom is -0.274 e. The fourth-order valence-corrected chi connectivity index (χ4v) is 0.931. The summed E-state index contributed by atoms with van der Waals surface area (Å²) in [7, 11) is 0. The normalized spacial score (nSPS) is 10.7.